The Morgan fingerprint density at radius 2 is 0.692 bits per heavy atom. The van der Waals surface area contributed by atoms with Crippen LogP contribution in [0.1, 0.15) is 126 Å². The number of hydrogen-bond donors (Lipinski definition) is 0. The molecule has 8 aliphatic heterocycles. The van der Waals surface area contributed by atoms with E-state index in [2.05, 4.69) is 117 Å². The number of aromatic nitrogens is 12. The Morgan fingerprint density at radius 1 is 0.353 bits per heavy atom. The molecule has 1 aliphatic carbocycles. The number of amides is 4. The standard InChI is InChI=1S/C26H27N5O3.C24H24ClN5O3.2C24H24IN5O3/c32-25(13-18-1-4-20(5-2-18)31-17-27-16-28-31)30-11-9-29(10-12-30)14-19-3-6-22-21(19)7-8-23-24(22)15-34-26(23)33;2*25-23-18(3-6-20-21(23)14-33-24(20)32)7-8-28-9-11-29(12-10-28)22(31)13-17-1-4-19(5-2-17)30-16-26-15-27-30;25-22-13-21-19(14-33-24(21)32)12-18(22)5-6-28-7-9-29(10-8-28)23(31)11-17-1-3-20(4-2-17)30-16-26-15-27-30/h1-2,4-5,7-8,16-17,19H,3,6,9-15H2;2*1-6,15-16H,7-14H2;1-4,12-13,15-16H,5-11,14H2. The van der Waals surface area contributed by atoms with E-state index < -0.39 is 0 Å². The minimum absolute atomic E-state index is 0.148. The Hall–Kier alpha value is -12.3. The molecule has 133 heavy (non-hydrogen) atoms. The highest BCUT2D eigenvalue weighted by atomic mass is 127. The van der Waals surface area contributed by atoms with Crippen LogP contribution in [0.3, 0.4) is 0 Å². The van der Waals surface area contributed by atoms with Gasteiger partial charge in [-0.2, -0.15) is 20.4 Å². The Bertz CT molecular complexity index is 5830. The average Bonchev–Trinajstić information content (AvgIpc) is 1.60. The van der Waals surface area contributed by atoms with Gasteiger partial charge < -0.3 is 38.5 Å². The number of hydrogen-bond acceptors (Lipinski definition) is 24. The van der Waals surface area contributed by atoms with E-state index in [0.29, 0.717) is 73.1 Å². The number of cyclic esters (lactones) is 4. The molecule has 0 saturated carbocycles. The van der Waals surface area contributed by atoms with Crippen molar-refractivity contribution < 1.29 is 57.3 Å². The van der Waals surface area contributed by atoms with Crippen molar-refractivity contribution in [1.82, 2.24) is 98.3 Å². The lowest BCUT2D eigenvalue weighted by molar-refractivity contribution is -0.133. The molecule has 32 nitrogen and oxygen atoms in total. The SMILES string of the molecule is O=C1OCc2c1ccc(CCN1CCN(C(=O)Cc3ccc(-n4cncn4)cc3)CC1)c2Cl.O=C1OCc2c1ccc(CCN1CCN(C(=O)Cc3ccc(-n4cncn4)cc3)CC1)c2I.O=C1OCc2c1ccc1c2CCC1CN1CCN(C(=O)Cc2ccc(-n3cncn3)cc2)CC1.O=C1OCc2cc(CCN3CCN(C(=O)Cc4ccc(-n5cncn5)cc4)CC3)c(I)cc21. The molecule has 9 aliphatic rings. The molecule has 4 aromatic heterocycles. The molecule has 1 atom stereocenters. The molecular weight excluding hydrogens is 1940 g/mol. The molecular formula is C98H99ClI2N20O12. The molecule has 0 bridgehead atoms. The zero-order valence-corrected chi connectivity index (χ0v) is 78.4. The lowest BCUT2D eigenvalue weighted by atomic mass is 9.95. The number of halogens is 3. The molecule has 4 fully saturated rings. The number of piperazine rings is 4. The second-order valence-electron chi connectivity index (χ2n) is 34.3. The maximum Gasteiger partial charge on any atom is 0.338 e. The average molecular weight is 2040 g/mol. The molecule has 8 aromatic carbocycles. The predicted octanol–water partition coefficient (Wildman–Crippen LogP) is 9.82. The van der Waals surface area contributed by atoms with Crippen LogP contribution in [0, 0.1) is 7.14 Å². The highest BCUT2D eigenvalue weighted by Crippen LogP contribution is 2.40. The van der Waals surface area contributed by atoms with E-state index in [0.717, 1.165) is 249 Å². The zero-order chi connectivity index (χ0) is 91.4. The summed E-state index contributed by atoms with van der Waals surface area (Å²) < 4.78 is 29.6. The van der Waals surface area contributed by atoms with E-state index in [-0.39, 0.29) is 54.1 Å². The minimum Gasteiger partial charge on any atom is -0.457 e. The largest absolute Gasteiger partial charge is 0.457 e. The number of rotatable bonds is 23. The zero-order valence-electron chi connectivity index (χ0n) is 73.4. The summed E-state index contributed by atoms with van der Waals surface area (Å²) in [5.74, 6) is 0.222. The van der Waals surface area contributed by atoms with Crippen LogP contribution < -0.4 is 0 Å². The van der Waals surface area contributed by atoms with E-state index in [9.17, 15) is 38.4 Å². The van der Waals surface area contributed by atoms with Crippen molar-refractivity contribution in [3.05, 3.63) is 303 Å². The van der Waals surface area contributed by atoms with Gasteiger partial charge in [0.25, 0.3) is 0 Å². The molecule has 35 heteroatoms. The van der Waals surface area contributed by atoms with Gasteiger partial charge in [0.2, 0.25) is 23.6 Å². The summed E-state index contributed by atoms with van der Waals surface area (Å²) in [5.41, 5.74) is 20.6. The van der Waals surface area contributed by atoms with Gasteiger partial charge in [0.1, 0.15) is 77.0 Å². The second-order valence-corrected chi connectivity index (χ2v) is 36.9. The fourth-order valence-corrected chi connectivity index (χ4v) is 20.4. The van der Waals surface area contributed by atoms with E-state index in [1.54, 1.807) is 50.1 Å². The quantitative estimate of drug-likeness (QED) is 0.0326. The van der Waals surface area contributed by atoms with Gasteiger partial charge in [0.05, 0.1) is 75.7 Å². The van der Waals surface area contributed by atoms with Crippen LogP contribution in [-0.4, -0.2) is 277 Å². The van der Waals surface area contributed by atoms with E-state index in [4.69, 9.17) is 30.5 Å². The maximum absolute atomic E-state index is 12.9. The Kier molecular flexibility index (Phi) is 29.0. The van der Waals surface area contributed by atoms with Crippen LogP contribution in [0.25, 0.3) is 22.7 Å². The first-order valence-corrected chi connectivity index (χ1v) is 47.4. The van der Waals surface area contributed by atoms with E-state index in [1.807, 2.05) is 147 Å². The molecule has 12 heterocycles. The molecule has 21 rings (SSSR count). The fraction of sp³-hybridized carbons (Fsp3) is 0.347. The summed E-state index contributed by atoms with van der Waals surface area (Å²) in [4.78, 5) is 132. The van der Waals surface area contributed by atoms with Gasteiger partial charge in [-0.25, -0.2) is 57.8 Å². The molecule has 0 radical (unpaired) electrons. The molecule has 684 valence electrons. The van der Waals surface area contributed by atoms with E-state index in [1.165, 1.54) is 47.6 Å². The summed E-state index contributed by atoms with van der Waals surface area (Å²) in [6, 6.07) is 47.2. The van der Waals surface area contributed by atoms with Crippen LogP contribution >= 0.6 is 56.8 Å². The van der Waals surface area contributed by atoms with Gasteiger partial charge in [-0.3, -0.25) is 38.8 Å². The lowest BCUT2D eigenvalue weighted by Crippen LogP contribution is -2.49. The first-order chi connectivity index (χ1) is 64.9. The number of carbonyl (C=O) groups is 8. The van der Waals surface area contributed by atoms with Crippen LogP contribution in [0.15, 0.2) is 196 Å². The van der Waals surface area contributed by atoms with E-state index >= 15 is 0 Å². The Balaban J connectivity index is 0.000000119. The van der Waals surface area contributed by atoms with Crippen molar-refractivity contribution in [2.45, 2.75) is 90.1 Å². The van der Waals surface area contributed by atoms with Gasteiger partial charge in [0.15, 0.2) is 0 Å². The minimum atomic E-state index is -0.301. The number of nitrogens with zero attached hydrogens (tertiary/aromatic N) is 20. The van der Waals surface area contributed by atoms with Crippen molar-refractivity contribution >= 4 is 104 Å². The molecule has 4 saturated heterocycles. The summed E-state index contributed by atoms with van der Waals surface area (Å²) in [6.45, 7) is 18.1. The van der Waals surface area contributed by atoms with Crippen molar-refractivity contribution in [2.75, 3.05) is 131 Å². The summed E-state index contributed by atoms with van der Waals surface area (Å²) >= 11 is 11.1. The topological polar surface area (TPSA) is 322 Å². The Labute approximate surface area is 800 Å². The van der Waals surface area contributed by atoms with Crippen molar-refractivity contribution in [3.8, 4) is 22.7 Å². The van der Waals surface area contributed by atoms with Crippen molar-refractivity contribution in [2.24, 2.45) is 0 Å². The summed E-state index contributed by atoms with van der Waals surface area (Å²) in [6.07, 6.45) is 19.0. The predicted molar refractivity (Wildman–Crippen MR) is 507 cm³/mol. The van der Waals surface area contributed by atoms with Crippen LogP contribution in [0.4, 0.5) is 0 Å². The molecule has 0 N–H and O–H groups in total. The fourth-order valence-electron chi connectivity index (χ4n) is 18.4. The summed E-state index contributed by atoms with van der Waals surface area (Å²) in [5, 5.41) is 17.1. The van der Waals surface area contributed by atoms with Crippen molar-refractivity contribution in [1.29, 1.82) is 0 Å². The highest BCUT2D eigenvalue weighted by Gasteiger charge is 2.36. The number of esters is 4. The molecule has 12 aromatic rings. The first-order valence-electron chi connectivity index (χ1n) is 44.9. The third kappa shape index (κ3) is 22.0. The van der Waals surface area contributed by atoms with Gasteiger partial charge in [-0.15, -0.1) is 0 Å². The number of fused-ring (bicyclic) bond motifs is 6. The van der Waals surface area contributed by atoms with Gasteiger partial charge in [-0.1, -0.05) is 84.4 Å². The van der Waals surface area contributed by atoms with Crippen LogP contribution in [-0.2, 0) is 116 Å². The van der Waals surface area contributed by atoms with Crippen LogP contribution in [0.5, 0.6) is 0 Å². The molecule has 0 spiro atoms. The number of benzene rings is 8. The first kappa shape index (κ1) is 91.2. The number of carbonyl (C=O) groups excluding carboxylic acids is 8. The highest BCUT2D eigenvalue weighted by molar-refractivity contribution is 14.1. The summed E-state index contributed by atoms with van der Waals surface area (Å²) in [7, 11) is 0. The third-order valence-electron chi connectivity index (χ3n) is 26.2. The second kappa shape index (κ2) is 42.3. The lowest BCUT2D eigenvalue weighted by Gasteiger charge is -2.36. The normalized spacial score (nSPS) is 17.0. The third-order valence-corrected chi connectivity index (χ3v) is 29.0. The molecule has 1 unspecified atom stereocenters. The van der Waals surface area contributed by atoms with Crippen LogP contribution in [0.2, 0.25) is 5.02 Å². The van der Waals surface area contributed by atoms with Gasteiger partial charge >= 0.3 is 23.9 Å². The van der Waals surface area contributed by atoms with Gasteiger partial charge in [-0.05, 0) is 206 Å². The Morgan fingerprint density at radius 3 is 1.10 bits per heavy atom. The van der Waals surface area contributed by atoms with Gasteiger partial charge in [0, 0.05) is 160 Å². The smallest absolute Gasteiger partial charge is 0.338 e. The number of ether oxygens (including phenoxy) is 4. The maximum atomic E-state index is 12.9. The monoisotopic (exact) mass is 2040 g/mol. The van der Waals surface area contributed by atoms with Crippen molar-refractivity contribution in [3.63, 3.8) is 0 Å². The molecule has 4 amide bonds.